The minimum Gasteiger partial charge on any atom is -0.497 e. The van der Waals surface area contributed by atoms with Gasteiger partial charge in [0.2, 0.25) is 11.8 Å². The third-order valence-corrected chi connectivity index (χ3v) is 3.98. The highest BCUT2D eigenvalue weighted by Crippen LogP contribution is 2.23. The number of methoxy groups -OCH3 is 1. The first kappa shape index (κ1) is 14.4. The Hall–Kier alpha value is -2.55. The van der Waals surface area contributed by atoms with E-state index in [1.807, 2.05) is 24.3 Å². The second-order valence-electron chi connectivity index (χ2n) is 4.39. The minimum atomic E-state index is -0.257. The van der Waals surface area contributed by atoms with Crippen LogP contribution in [0.15, 0.2) is 38.6 Å². The lowest BCUT2D eigenvalue weighted by atomic mass is 10.2. The van der Waals surface area contributed by atoms with Gasteiger partial charge in [0.15, 0.2) is 5.16 Å². The smallest absolute Gasteiger partial charge is 0.343 e. The van der Waals surface area contributed by atoms with Crippen LogP contribution in [0.2, 0.25) is 0 Å². The molecular weight excluding hydrogens is 306 g/mol. The Balaban J connectivity index is 1.70. The summed E-state index contributed by atoms with van der Waals surface area (Å²) < 4.78 is 12.1. The Labute approximate surface area is 129 Å². The van der Waals surface area contributed by atoms with Crippen molar-refractivity contribution in [2.24, 2.45) is 7.05 Å². The fraction of sp³-hybridized carbons (Fsp3) is 0.231. The molecule has 114 valence electrons. The first-order chi connectivity index (χ1) is 10.7. The normalized spacial score (nSPS) is 10.8. The van der Waals surface area contributed by atoms with Crippen molar-refractivity contribution in [3.63, 3.8) is 0 Å². The molecule has 0 spiro atoms. The predicted molar refractivity (Wildman–Crippen MR) is 79.7 cm³/mol. The first-order valence-corrected chi connectivity index (χ1v) is 7.37. The summed E-state index contributed by atoms with van der Waals surface area (Å²) in [5.41, 5.74) is 0.559. The number of ether oxygens (including phenoxy) is 1. The largest absolute Gasteiger partial charge is 0.497 e. The zero-order valence-electron chi connectivity index (χ0n) is 11.9. The van der Waals surface area contributed by atoms with E-state index >= 15 is 0 Å². The van der Waals surface area contributed by atoms with E-state index in [0.717, 1.165) is 11.3 Å². The summed E-state index contributed by atoms with van der Waals surface area (Å²) in [6, 6.07) is 7.35. The third-order valence-electron chi connectivity index (χ3n) is 2.97. The van der Waals surface area contributed by atoms with Gasteiger partial charge in [0.05, 0.1) is 12.9 Å². The van der Waals surface area contributed by atoms with Crippen LogP contribution in [0.4, 0.5) is 0 Å². The molecule has 3 rings (SSSR count). The van der Waals surface area contributed by atoms with Gasteiger partial charge >= 0.3 is 5.69 Å². The number of rotatable bonds is 5. The number of aromatic nitrogens is 5. The summed E-state index contributed by atoms with van der Waals surface area (Å²) >= 11 is 1.34. The monoisotopic (exact) mass is 319 g/mol. The van der Waals surface area contributed by atoms with Crippen molar-refractivity contribution in [1.29, 1.82) is 0 Å². The number of nitrogens with one attached hydrogen (secondary N) is 1. The molecule has 0 saturated carbocycles. The van der Waals surface area contributed by atoms with Gasteiger partial charge in [-0.3, -0.25) is 4.57 Å². The van der Waals surface area contributed by atoms with Crippen LogP contribution in [0.5, 0.6) is 5.75 Å². The van der Waals surface area contributed by atoms with E-state index in [-0.39, 0.29) is 5.69 Å². The maximum absolute atomic E-state index is 11.3. The van der Waals surface area contributed by atoms with Gasteiger partial charge in [0.1, 0.15) is 5.75 Å². The maximum Gasteiger partial charge on any atom is 0.343 e. The fourth-order valence-electron chi connectivity index (χ4n) is 1.75. The summed E-state index contributed by atoms with van der Waals surface area (Å²) in [7, 11) is 3.25. The molecule has 22 heavy (non-hydrogen) atoms. The van der Waals surface area contributed by atoms with Gasteiger partial charge in [-0.05, 0) is 24.3 Å². The molecule has 2 aromatic heterocycles. The van der Waals surface area contributed by atoms with E-state index in [4.69, 9.17) is 9.15 Å². The first-order valence-electron chi connectivity index (χ1n) is 6.38. The molecule has 0 fully saturated rings. The zero-order chi connectivity index (χ0) is 15.5. The van der Waals surface area contributed by atoms with Crippen LogP contribution in [0.25, 0.3) is 11.5 Å². The molecule has 0 bridgehead atoms. The highest BCUT2D eigenvalue weighted by molar-refractivity contribution is 7.98. The third kappa shape index (κ3) is 2.89. The van der Waals surface area contributed by atoms with Crippen molar-refractivity contribution in [2.75, 3.05) is 7.11 Å². The van der Waals surface area contributed by atoms with Crippen molar-refractivity contribution in [3.05, 3.63) is 40.6 Å². The van der Waals surface area contributed by atoms with Crippen molar-refractivity contribution in [3.8, 4) is 17.2 Å². The molecule has 0 unspecified atom stereocenters. The van der Waals surface area contributed by atoms with Gasteiger partial charge < -0.3 is 9.15 Å². The molecule has 9 heteroatoms. The lowest BCUT2D eigenvalue weighted by Crippen LogP contribution is -2.12. The lowest BCUT2D eigenvalue weighted by Gasteiger charge is -1.99. The molecule has 3 aromatic rings. The lowest BCUT2D eigenvalue weighted by molar-refractivity contribution is 0.415. The van der Waals surface area contributed by atoms with Crippen molar-refractivity contribution in [1.82, 2.24) is 25.0 Å². The van der Waals surface area contributed by atoms with Crippen LogP contribution in [0.3, 0.4) is 0 Å². The molecule has 2 heterocycles. The molecule has 0 atom stereocenters. The molecule has 0 amide bonds. The van der Waals surface area contributed by atoms with Gasteiger partial charge in [-0.2, -0.15) is 0 Å². The Morgan fingerprint density at radius 3 is 2.73 bits per heavy atom. The summed E-state index contributed by atoms with van der Waals surface area (Å²) in [4.78, 5) is 11.3. The molecule has 1 N–H and O–H groups in total. The van der Waals surface area contributed by atoms with Gasteiger partial charge in [0.25, 0.3) is 0 Å². The predicted octanol–water partition coefficient (Wildman–Crippen LogP) is 1.46. The number of hydrogen-bond donors (Lipinski definition) is 1. The van der Waals surface area contributed by atoms with E-state index < -0.39 is 0 Å². The molecule has 0 saturated heterocycles. The highest BCUT2D eigenvalue weighted by Gasteiger charge is 2.11. The van der Waals surface area contributed by atoms with Crippen LogP contribution in [0.1, 0.15) is 5.89 Å². The number of aromatic amines is 1. The van der Waals surface area contributed by atoms with Crippen LogP contribution in [-0.4, -0.2) is 32.1 Å². The average Bonchev–Trinajstić information content (AvgIpc) is 3.14. The van der Waals surface area contributed by atoms with Crippen LogP contribution in [-0.2, 0) is 12.8 Å². The zero-order valence-corrected chi connectivity index (χ0v) is 12.8. The summed E-state index contributed by atoms with van der Waals surface area (Å²) in [5, 5.41) is 14.8. The van der Waals surface area contributed by atoms with Gasteiger partial charge in [-0.1, -0.05) is 11.8 Å². The molecule has 8 nitrogen and oxygen atoms in total. The quantitative estimate of drug-likeness (QED) is 0.711. The van der Waals surface area contributed by atoms with Crippen molar-refractivity contribution >= 4 is 11.8 Å². The van der Waals surface area contributed by atoms with Gasteiger partial charge in [-0.15, -0.1) is 15.3 Å². The van der Waals surface area contributed by atoms with E-state index in [1.54, 1.807) is 14.2 Å². The number of hydrogen-bond acceptors (Lipinski definition) is 7. The summed E-state index contributed by atoms with van der Waals surface area (Å²) in [6.45, 7) is 0. The Morgan fingerprint density at radius 2 is 2.09 bits per heavy atom. The number of benzene rings is 1. The van der Waals surface area contributed by atoms with Gasteiger partial charge in [0, 0.05) is 12.6 Å². The average molecular weight is 319 g/mol. The molecular formula is C13H13N5O3S. The Bertz CT molecular complexity index is 821. The molecule has 0 radical (unpaired) electrons. The topological polar surface area (TPSA) is 98.8 Å². The van der Waals surface area contributed by atoms with Crippen molar-refractivity contribution in [2.45, 2.75) is 10.9 Å². The standard InChI is InChI=1S/C13H13N5O3S/c1-18-12(19)16-17-13(18)22-7-10-14-15-11(21-10)8-3-5-9(20-2)6-4-8/h3-6H,7H2,1-2H3,(H,16,19). The number of thioether (sulfide) groups is 1. The molecule has 0 aliphatic rings. The maximum atomic E-state index is 11.3. The summed E-state index contributed by atoms with van der Waals surface area (Å²) in [5.74, 6) is 2.10. The van der Waals surface area contributed by atoms with Crippen molar-refractivity contribution < 1.29 is 9.15 Å². The minimum absolute atomic E-state index is 0.257. The van der Waals surface area contributed by atoms with Crippen LogP contribution >= 0.6 is 11.8 Å². The van der Waals surface area contributed by atoms with E-state index in [9.17, 15) is 4.79 Å². The van der Waals surface area contributed by atoms with Crippen LogP contribution < -0.4 is 10.4 Å². The molecule has 1 aromatic carbocycles. The Morgan fingerprint density at radius 1 is 1.32 bits per heavy atom. The van der Waals surface area contributed by atoms with E-state index in [0.29, 0.717) is 22.7 Å². The van der Waals surface area contributed by atoms with E-state index in [2.05, 4.69) is 20.4 Å². The second kappa shape index (κ2) is 6.06. The van der Waals surface area contributed by atoms with Crippen LogP contribution in [0, 0.1) is 0 Å². The molecule has 0 aliphatic carbocycles. The summed E-state index contributed by atoms with van der Waals surface area (Å²) in [6.07, 6.45) is 0. The fourth-order valence-corrected chi connectivity index (χ4v) is 2.51. The second-order valence-corrected chi connectivity index (χ2v) is 5.33. The number of nitrogens with zero attached hydrogens (tertiary/aromatic N) is 4. The highest BCUT2D eigenvalue weighted by atomic mass is 32.2. The Kier molecular flexibility index (Phi) is 3.96. The van der Waals surface area contributed by atoms with E-state index in [1.165, 1.54) is 16.3 Å². The van der Waals surface area contributed by atoms with Gasteiger partial charge in [-0.25, -0.2) is 9.89 Å². The SMILES string of the molecule is COc1ccc(-c2nnc(CSc3n[nH]c(=O)n3C)o2)cc1. The number of H-pyrrole nitrogens is 1. The molecule has 0 aliphatic heterocycles.